The minimum atomic E-state index is -3.66. The van der Waals surface area contributed by atoms with Crippen LogP contribution in [0.15, 0.2) is 23.1 Å². The summed E-state index contributed by atoms with van der Waals surface area (Å²) in [5.74, 6) is -1.59. The van der Waals surface area contributed by atoms with Gasteiger partial charge in [0, 0.05) is 0 Å². The number of hydrogen-bond donors (Lipinski definition) is 2. The molecule has 0 aromatic heterocycles. The molecule has 1 rings (SSSR count). The molecule has 0 fully saturated rings. The monoisotopic (exact) mass is 258 g/mol. The fourth-order valence-corrected chi connectivity index (χ4v) is 3.27. The van der Waals surface area contributed by atoms with E-state index >= 15 is 0 Å². The summed E-state index contributed by atoms with van der Waals surface area (Å²) < 4.78 is 23.8. The zero-order chi connectivity index (χ0) is 13.2. The van der Waals surface area contributed by atoms with Crippen molar-refractivity contribution < 1.29 is 23.4 Å². The summed E-state index contributed by atoms with van der Waals surface area (Å²) in [6, 6.07) is 4.07. The molecule has 0 radical (unpaired) electrons. The molecule has 1 atom stereocenters. The van der Waals surface area contributed by atoms with Crippen LogP contribution in [0.2, 0.25) is 0 Å². The molecule has 1 aromatic carbocycles. The fraction of sp³-hybridized carbons (Fsp3) is 0.364. The Kier molecular flexibility index (Phi) is 3.90. The number of hydrogen-bond acceptors (Lipinski definition) is 4. The second-order valence-corrected chi connectivity index (χ2v) is 5.87. The molecule has 1 unspecified atom stereocenters. The minimum Gasteiger partial charge on any atom is -0.478 e. The van der Waals surface area contributed by atoms with Gasteiger partial charge in [0.05, 0.1) is 22.3 Å². The van der Waals surface area contributed by atoms with E-state index in [1.807, 2.05) is 0 Å². The summed E-state index contributed by atoms with van der Waals surface area (Å²) in [6.45, 7) is 2.81. The number of aliphatic hydroxyl groups is 1. The van der Waals surface area contributed by atoms with Gasteiger partial charge < -0.3 is 10.2 Å². The first-order chi connectivity index (χ1) is 7.75. The van der Waals surface area contributed by atoms with E-state index in [0.29, 0.717) is 0 Å². The second kappa shape index (κ2) is 4.85. The quantitative estimate of drug-likeness (QED) is 0.835. The molecule has 0 spiro atoms. The molecule has 17 heavy (non-hydrogen) atoms. The summed E-state index contributed by atoms with van der Waals surface area (Å²) in [6.07, 6.45) is -0.993. The average molecular weight is 258 g/mol. The summed E-state index contributed by atoms with van der Waals surface area (Å²) in [7, 11) is -3.66. The van der Waals surface area contributed by atoms with Crippen molar-refractivity contribution in [3.05, 3.63) is 29.3 Å². The highest BCUT2D eigenvalue weighted by atomic mass is 32.2. The van der Waals surface area contributed by atoms with Gasteiger partial charge in [0.2, 0.25) is 0 Å². The highest BCUT2D eigenvalue weighted by Gasteiger charge is 2.22. The van der Waals surface area contributed by atoms with Crippen molar-refractivity contribution in [3.8, 4) is 0 Å². The molecule has 0 saturated carbocycles. The smallest absolute Gasteiger partial charge is 0.335 e. The van der Waals surface area contributed by atoms with E-state index in [-0.39, 0.29) is 16.0 Å². The van der Waals surface area contributed by atoms with Crippen LogP contribution in [0, 0.1) is 6.92 Å². The number of benzene rings is 1. The van der Waals surface area contributed by atoms with Gasteiger partial charge in [0.25, 0.3) is 0 Å². The highest BCUT2D eigenvalue weighted by molar-refractivity contribution is 7.91. The van der Waals surface area contributed by atoms with Gasteiger partial charge in [-0.2, -0.15) is 0 Å². The predicted octanol–water partition coefficient (Wildman–Crippen LogP) is 0.848. The normalized spacial score (nSPS) is 13.4. The Morgan fingerprint density at radius 1 is 1.41 bits per heavy atom. The molecule has 0 saturated heterocycles. The Bertz CT molecular complexity index is 531. The van der Waals surface area contributed by atoms with Crippen LogP contribution in [-0.4, -0.2) is 36.5 Å². The molecule has 1 aromatic rings. The van der Waals surface area contributed by atoms with Crippen LogP contribution in [-0.2, 0) is 9.84 Å². The zero-order valence-corrected chi connectivity index (χ0v) is 10.4. The highest BCUT2D eigenvalue weighted by Crippen LogP contribution is 2.20. The molecule has 0 aliphatic heterocycles. The van der Waals surface area contributed by atoms with Crippen molar-refractivity contribution in [2.24, 2.45) is 0 Å². The van der Waals surface area contributed by atoms with E-state index in [1.54, 1.807) is 0 Å². The van der Waals surface area contributed by atoms with Gasteiger partial charge in [-0.25, -0.2) is 13.2 Å². The number of aliphatic hydroxyl groups excluding tert-OH is 1. The van der Waals surface area contributed by atoms with Crippen molar-refractivity contribution in [2.45, 2.75) is 24.8 Å². The third-order valence-electron chi connectivity index (χ3n) is 2.31. The van der Waals surface area contributed by atoms with Gasteiger partial charge in [-0.05, 0) is 31.5 Å². The van der Waals surface area contributed by atoms with E-state index in [9.17, 15) is 13.2 Å². The molecule has 5 nitrogen and oxygen atoms in total. The lowest BCUT2D eigenvalue weighted by Gasteiger charge is -2.10. The summed E-state index contributed by atoms with van der Waals surface area (Å²) in [5, 5.41) is 18.0. The van der Waals surface area contributed by atoms with Crippen LogP contribution in [0.5, 0.6) is 0 Å². The Morgan fingerprint density at radius 2 is 2.00 bits per heavy atom. The first kappa shape index (κ1) is 13.7. The summed E-state index contributed by atoms with van der Waals surface area (Å²) in [4.78, 5) is 10.8. The number of carboxylic acid groups (broad SMARTS) is 1. The van der Waals surface area contributed by atoms with Crippen LogP contribution in [0.25, 0.3) is 0 Å². The van der Waals surface area contributed by atoms with E-state index in [4.69, 9.17) is 10.2 Å². The summed E-state index contributed by atoms with van der Waals surface area (Å²) >= 11 is 0. The van der Waals surface area contributed by atoms with Gasteiger partial charge in [-0.15, -0.1) is 0 Å². The van der Waals surface area contributed by atoms with Gasteiger partial charge in [0.15, 0.2) is 9.84 Å². The van der Waals surface area contributed by atoms with Crippen molar-refractivity contribution in [2.75, 3.05) is 5.75 Å². The lowest BCUT2D eigenvalue weighted by Crippen LogP contribution is -2.19. The lowest BCUT2D eigenvalue weighted by atomic mass is 10.1. The maximum absolute atomic E-state index is 11.9. The molecule has 6 heteroatoms. The van der Waals surface area contributed by atoms with E-state index in [1.165, 1.54) is 32.0 Å². The number of carboxylic acids is 1. The third kappa shape index (κ3) is 3.04. The summed E-state index contributed by atoms with van der Waals surface area (Å²) in [5.41, 5.74) is 0.150. The van der Waals surface area contributed by atoms with Crippen LogP contribution in [0.1, 0.15) is 22.8 Å². The molecule has 0 heterocycles. The van der Waals surface area contributed by atoms with Gasteiger partial charge in [-0.1, -0.05) is 6.07 Å². The van der Waals surface area contributed by atoms with Crippen LogP contribution < -0.4 is 0 Å². The van der Waals surface area contributed by atoms with Crippen LogP contribution >= 0.6 is 0 Å². The van der Waals surface area contributed by atoms with E-state index < -0.39 is 27.7 Å². The minimum absolute atomic E-state index is 0.0432. The maximum atomic E-state index is 11.9. The molecule has 0 bridgehead atoms. The molecular weight excluding hydrogens is 244 g/mol. The fourth-order valence-electron chi connectivity index (χ4n) is 1.59. The van der Waals surface area contributed by atoms with Crippen molar-refractivity contribution >= 4 is 15.8 Å². The molecule has 2 N–H and O–H groups in total. The molecule has 94 valence electrons. The lowest BCUT2D eigenvalue weighted by molar-refractivity contribution is 0.0696. The largest absolute Gasteiger partial charge is 0.478 e. The zero-order valence-electron chi connectivity index (χ0n) is 9.54. The van der Waals surface area contributed by atoms with Gasteiger partial charge >= 0.3 is 5.97 Å². The Labute approximate surface area is 99.6 Å². The Morgan fingerprint density at radius 3 is 2.47 bits per heavy atom. The average Bonchev–Trinajstić information content (AvgIpc) is 2.14. The molecule has 0 aliphatic carbocycles. The third-order valence-corrected chi connectivity index (χ3v) is 4.34. The van der Waals surface area contributed by atoms with Crippen molar-refractivity contribution in [1.82, 2.24) is 0 Å². The van der Waals surface area contributed by atoms with Crippen molar-refractivity contribution in [1.29, 1.82) is 0 Å². The number of sulfone groups is 1. The molecule has 0 aliphatic rings. The van der Waals surface area contributed by atoms with E-state index in [0.717, 1.165) is 0 Å². The van der Waals surface area contributed by atoms with Crippen molar-refractivity contribution in [3.63, 3.8) is 0 Å². The molecular formula is C11H14O5S. The van der Waals surface area contributed by atoms with E-state index in [2.05, 4.69) is 0 Å². The Balaban J connectivity index is 3.33. The topological polar surface area (TPSA) is 91.7 Å². The second-order valence-electron chi connectivity index (χ2n) is 3.86. The van der Waals surface area contributed by atoms with Crippen LogP contribution in [0.4, 0.5) is 0 Å². The molecule has 0 amide bonds. The number of rotatable bonds is 4. The van der Waals surface area contributed by atoms with Gasteiger partial charge in [-0.3, -0.25) is 0 Å². The SMILES string of the molecule is Cc1c(C(=O)O)cccc1S(=O)(=O)CC(C)O. The predicted molar refractivity (Wildman–Crippen MR) is 61.9 cm³/mol. The standard InChI is InChI=1S/C11H14O5S/c1-7(12)6-17(15,16)10-5-3-4-9(8(10)2)11(13)14/h3-5,7,12H,6H2,1-2H3,(H,13,14). The van der Waals surface area contributed by atoms with Gasteiger partial charge in [0.1, 0.15) is 0 Å². The first-order valence-electron chi connectivity index (χ1n) is 4.99. The maximum Gasteiger partial charge on any atom is 0.335 e. The number of carbonyl (C=O) groups is 1. The first-order valence-corrected chi connectivity index (χ1v) is 6.64. The number of aromatic carboxylic acids is 1. The van der Waals surface area contributed by atoms with Crippen LogP contribution in [0.3, 0.4) is 0 Å². The Hall–Kier alpha value is -1.40.